The van der Waals surface area contributed by atoms with E-state index in [1.807, 2.05) is 69.7 Å². The molecule has 8 atom stereocenters. The second kappa shape index (κ2) is 58.7. The molecular weight excluding hydrogens is 1650 g/mol. The van der Waals surface area contributed by atoms with Gasteiger partial charge in [0.1, 0.15) is 69.5 Å². The van der Waals surface area contributed by atoms with Gasteiger partial charge in [0.15, 0.2) is 29.1 Å². The van der Waals surface area contributed by atoms with E-state index >= 15 is 0 Å². The molecule has 0 unspecified atom stereocenters. The first kappa shape index (κ1) is 112. The Bertz CT molecular complexity index is 4720. The normalized spacial score (nSPS) is 12.4. The zero-order chi connectivity index (χ0) is 93.7. The maximum absolute atomic E-state index is 13.7. The lowest BCUT2D eigenvalue weighted by Gasteiger charge is -2.15. The van der Waals surface area contributed by atoms with E-state index in [4.69, 9.17) is 11.6 Å². The van der Waals surface area contributed by atoms with Crippen molar-refractivity contribution in [3.05, 3.63) is 280 Å². The highest BCUT2D eigenvalue weighted by atomic mass is 35.5. The number of likely N-dealkylation sites (N-methyl/N-ethyl adjacent to an activating group) is 8. The molecule has 0 saturated heterocycles. The molecule has 0 bridgehead atoms. The molecule has 0 fully saturated rings. The number of fused-ring (bicyclic) bond motifs is 1. The van der Waals surface area contributed by atoms with Crippen molar-refractivity contribution in [1.29, 1.82) is 0 Å². The van der Waals surface area contributed by atoms with Crippen molar-refractivity contribution in [2.24, 2.45) is 0 Å². The van der Waals surface area contributed by atoms with Crippen LogP contribution in [0, 0.1) is 87.0 Å². The van der Waals surface area contributed by atoms with Crippen molar-refractivity contribution in [1.82, 2.24) is 42.5 Å². The third-order valence-electron chi connectivity index (χ3n) is 19.7. The van der Waals surface area contributed by atoms with Crippen LogP contribution in [0.1, 0.15) is 128 Å². The first-order chi connectivity index (χ1) is 58.0. The van der Waals surface area contributed by atoms with Crippen LogP contribution in [-0.4, -0.2) is 151 Å². The number of ketones is 8. The number of Topliss-reactive ketones (excluding diaryl/α,β-unsaturated/α-hetero) is 8. The largest absolute Gasteiger partial charge is 0.310 e. The number of thiophene rings is 2. The first-order valence-corrected chi connectivity index (χ1v) is 41.8. The van der Waals surface area contributed by atoms with Crippen LogP contribution in [0.25, 0.3) is 10.1 Å². The molecular formula is C95H122ClF9N8O8S2. The van der Waals surface area contributed by atoms with E-state index < -0.39 is 52.1 Å². The lowest BCUT2D eigenvalue weighted by molar-refractivity contribution is -0.119. The number of benzene rings is 7. The van der Waals surface area contributed by atoms with E-state index in [2.05, 4.69) is 84.7 Å². The van der Waals surface area contributed by atoms with Gasteiger partial charge in [0.25, 0.3) is 0 Å². The molecule has 28 heteroatoms. The summed E-state index contributed by atoms with van der Waals surface area (Å²) in [4.78, 5) is 89.5. The number of carbonyl (C=O) groups is 8. The number of hydrogen-bond acceptors (Lipinski definition) is 18. The average molecular weight is 1770 g/mol. The van der Waals surface area contributed by atoms with Gasteiger partial charge in [-0.1, -0.05) is 84.4 Å². The Morgan fingerprint density at radius 1 is 0.341 bits per heavy atom. The number of nitrogens with one attached hydrogen (secondary N) is 8. The third-order valence-corrected chi connectivity index (χ3v) is 21.8. The SMILES string of the molecule is C=C.CN[C@@H](Cc1c(F)c(C)c(F)c(F)c1F)C(C)=O.CN[C@@H](Cc1cc(C)c(F)c(F)c1)C(C)=O.CN[C@@H](Cc1cc(C)cc(F)c1)C(C)=O.CN[C@@H](Cc1ccc(Cl)c(C)c1)C(C)=O.CN[C@@H](Cc1ccc(F)c(C)c1)C(C)=O.CN[C@@H](Cc1ccccc1F)C(C)=O.CN[C@@H](Cc1ccsc1)C(C)=O.CN[C@@H](Cc1csc2ccccc12)C(C)=O. The predicted octanol–water partition coefficient (Wildman–Crippen LogP) is 16.8. The molecule has 0 radical (unpaired) electrons. The Labute approximate surface area is 733 Å². The zero-order valence-electron chi connectivity index (χ0n) is 74.3. The Hall–Kier alpha value is -9.36. The van der Waals surface area contributed by atoms with Gasteiger partial charge in [0.05, 0.1) is 48.3 Å². The molecule has 123 heavy (non-hydrogen) atoms. The number of aryl methyl sites for hydroxylation is 4. The fourth-order valence-electron chi connectivity index (χ4n) is 12.2. The van der Waals surface area contributed by atoms with Gasteiger partial charge in [-0.25, -0.2) is 39.5 Å². The molecule has 0 spiro atoms. The number of hydrogen-bond donors (Lipinski definition) is 8. The van der Waals surface area contributed by atoms with E-state index in [0.717, 1.165) is 58.7 Å². The van der Waals surface area contributed by atoms with Crippen molar-refractivity contribution >= 4 is 90.6 Å². The van der Waals surface area contributed by atoms with Gasteiger partial charge in [-0.05, 0) is 323 Å². The molecule has 0 aliphatic carbocycles. The number of carbonyl (C=O) groups excluding carboxylic acids is 8. The summed E-state index contributed by atoms with van der Waals surface area (Å²) in [7, 11) is 13.7. The summed E-state index contributed by atoms with van der Waals surface area (Å²) in [6.07, 6.45) is 3.82. The molecule has 0 amide bonds. The van der Waals surface area contributed by atoms with Crippen LogP contribution in [0.2, 0.25) is 5.02 Å². The minimum atomic E-state index is -1.72. The fraction of sp³-hybridized carbons (Fsp3) is 0.389. The van der Waals surface area contributed by atoms with Crippen LogP contribution in [-0.2, 0) is 89.7 Å². The molecule has 672 valence electrons. The second-order valence-corrected chi connectivity index (χ2v) is 31.2. The van der Waals surface area contributed by atoms with Gasteiger partial charge >= 0.3 is 0 Å². The second-order valence-electron chi connectivity index (χ2n) is 29.1. The van der Waals surface area contributed by atoms with Crippen LogP contribution in [0.3, 0.4) is 0 Å². The molecule has 16 nitrogen and oxygen atoms in total. The summed E-state index contributed by atoms with van der Waals surface area (Å²) >= 11 is 9.33. The molecule has 0 aliphatic rings. The summed E-state index contributed by atoms with van der Waals surface area (Å²) in [6.45, 7) is 26.2. The van der Waals surface area contributed by atoms with Crippen molar-refractivity contribution in [3.8, 4) is 0 Å². The summed E-state index contributed by atoms with van der Waals surface area (Å²) < 4.78 is 120. The highest BCUT2D eigenvalue weighted by molar-refractivity contribution is 7.17. The maximum atomic E-state index is 13.7. The zero-order valence-corrected chi connectivity index (χ0v) is 76.7. The highest BCUT2D eigenvalue weighted by Gasteiger charge is 2.27. The van der Waals surface area contributed by atoms with Crippen LogP contribution in [0.5, 0.6) is 0 Å². The quantitative estimate of drug-likeness (QED) is 0.00848. The number of halogens is 10. The van der Waals surface area contributed by atoms with Crippen LogP contribution in [0.4, 0.5) is 39.5 Å². The highest BCUT2D eigenvalue weighted by Crippen LogP contribution is 2.28. The van der Waals surface area contributed by atoms with E-state index in [1.165, 1.54) is 87.1 Å². The van der Waals surface area contributed by atoms with E-state index in [0.29, 0.717) is 48.8 Å². The fourth-order valence-corrected chi connectivity index (χ4v) is 14.0. The molecule has 2 aromatic heterocycles. The summed E-state index contributed by atoms with van der Waals surface area (Å²) in [6, 6.07) is 33.1. The Morgan fingerprint density at radius 3 is 1.15 bits per heavy atom. The van der Waals surface area contributed by atoms with E-state index in [-0.39, 0.29) is 118 Å². The topological polar surface area (TPSA) is 233 Å². The van der Waals surface area contributed by atoms with Gasteiger partial charge < -0.3 is 42.5 Å². The predicted molar refractivity (Wildman–Crippen MR) is 482 cm³/mol. The molecule has 2 heterocycles. The van der Waals surface area contributed by atoms with Crippen LogP contribution < -0.4 is 42.5 Å². The van der Waals surface area contributed by atoms with Gasteiger partial charge in [0, 0.05) is 27.3 Å². The van der Waals surface area contributed by atoms with Crippen molar-refractivity contribution in [3.63, 3.8) is 0 Å². The van der Waals surface area contributed by atoms with E-state index in [1.54, 1.807) is 129 Å². The first-order valence-electron chi connectivity index (χ1n) is 39.6. The van der Waals surface area contributed by atoms with Gasteiger partial charge in [0.2, 0.25) is 0 Å². The minimum Gasteiger partial charge on any atom is -0.310 e. The van der Waals surface area contributed by atoms with Gasteiger partial charge in [-0.3, -0.25) is 38.4 Å². The summed E-state index contributed by atoms with van der Waals surface area (Å²) in [5.41, 5.74) is 8.22. The Morgan fingerprint density at radius 2 is 0.732 bits per heavy atom. The summed E-state index contributed by atoms with van der Waals surface area (Å²) in [5.74, 6) is -8.05. The van der Waals surface area contributed by atoms with Gasteiger partial charge in [-0.2, -0.15) is 11.3 Å². The van der Waals surface area contributed by atoms with E-state index in [9.17, 15) is 77.9 Å². The minimum absolute atomic E-state index is 0.0233. The van der Waals surface area contributed by atoms with Crippen molar-refractivity contribution < 1.29 is 77.9 Å². The summed E-state index contributed by atoms with van der Waals surface area (Å²) in [5, 5.41) is 31.5. The average Bonchev–Trinajstić information content (AvgIpc) is 1.64. The van der Waals surface area contributed by atoms with Crippen LogP contribution >= 0.6 is 34.3 Å². The smallest absolute Gasteiger partial charge is 0.195 e. The standard InChI is InChI=1S/C13H15NOS.C12H16ClNO.C12H13F4NO.C12H15F2NO.2C12H16FNO.C11H14FNO.C9H13NOS.C2H4/c1-9(15)12(14-2)7-10-8-16-13-6-4-3-5-11(10)13;1-8-6-10(4-5-11(8)13)7-12(14-3)9(2)15;1-5-9(13)7(4-8(17-3)6(2)18)11(15)12(16)10(5)14;1-7-4-9(5-10(13)12(7)14)6-11(15-3)8(2)16;1-8-4-10(6-11(13)5-8)7-12(14-3)9(2)15;1-8-6-10(4-5-11(8)13)7-12(14-3)9(2)15;1-8(14)11(13-2)7-9-5-3-4-6-10(9)12;1-7(11)9(10-2)5-8-3-4-12-6-8;1-2/h3-6,8,12,14H,7H2,1-2H3;4-6,12,14H,7H2,1-3H3;8,17H,4H2,1-3H3;4-5,11,15H,6H2,1-3H3;2*4-6,12,14H,7H2,1-3H3;3-6,11,13H,7H2,1-2H3;3-4,6,9-10H,5H2,1-2H3;1-2H2/t2*12-;8-;11-;2*12-;11-;9-;/m00000000./s1. The van der Waals surface area contributed by atoms with Gasteiger partial charge in [-0.15, -0.1) is 24.5 Å². The van der Waals surface area contributed by atoms with Crippen molar-refractivity contribution in [2.45, 2.75) is 190 Å². The molecule has 7 aromatic carbocycles. The molecule has 9 aromatic rings. The molecule has 0 aliphatic heterocycles. The monoisotopic (exact) mass is 1770 g/mol. The maximum Gasteiger partial charge on any atom is 0.195 e. The third kappa shape index (κ3) is 39.6. The number of rotatable bonds is 32. The molecule has 9 rings (SSSR count). The molecule has 8 N–H and O–H groups in total. The Kier molecular flexibility index (Phi) is 53.3. The van der Waals surface area contributed by atoms with Crippen molar-refractivity contribution in [2.75, 3.05) is 56.4 Å². The lowest BCUT2D eigenvalue weighted by atomic mass is 9.99. The lowest BCUT2D eigenvalue weighted by Crippen LogP contribution is -2.35. The molecule has 0 saturated carbocycles. The Balaban J connectivity index is 0.000000702. The van der Waals surface area contributed by atoms with Crippen LogP contribution in [0.15, 0.2) is 151 Å².